The lowest BCUT2D eigenvalue weighted by Gasteiger charge is -2.12. The Kier molecular flexibility index (Phi) is 16.0. The third-order valence-corrected chi connectivity index (χ3v) is 7.28. The van der Waals surface area contributed by atoms with E-state index >= 15 is 0 Å². The molecule has 266 valence electrons. The molecule has 0 radical (unpaired) electrons. The standard InChI is InChI=1S/C18H28N14O12S4/c33-41-43-45-5-1-19-13-27-14(20-2-6-46-44-42-34)30-17(29-13)25-11-9-24-12(10-23-11)26-18-31-15(21-3-7-47(35,36)37)28-16(32-18)22-4-8-48(38,39)40/h9-10,33-34H,1-8H2,(H,35,36,37)(H,38,39,40)(H3,19,20,23,25,27,29,30)(H3,21,22,24,26,28,31,32). The first-order chi connectivity index (χ1) is 22.9. The summed E-state index contributed by atoms with van der Waals surface area (Å²) in [5.74, 6) is -0.275. The van der Waals surface area contributed by atoms with Crippen molar-refractivity contribution in [1.82, 2.24) is 39.9 Å². The second-order valence-electron chi connectivity index (χ2n) is 8.36. The highest BCUT2D eigenvalue weighted by molar-refractivity contribution is 7.94. The van der Waals surface area contributed by atoms with Crippen LogP contribution in [0.4, 0.5) is 47.3 Å². The van der Waals surface area contributed by atoms with Crippen LogP contribution in [-0.4, -0.2) is 126 Å². The Bertz CT molecular complexity index is 1560. The summed E-state index contributed by atoms with van der Waals surface area (Å²) in [4.78, 5) is 33.4. The van der Waals surface area contributed by atoms with Gasteiger partial charge in [-0.15, -0.1) is 8.67 Å². The fraction of sp³-hybridized carbons (Fsp3) is 0.444. The predicted octanol–water partition coefficient (Wildman–Crippen LogP) is -0.104. The Morgan fingerprint density at radius 3 is 1.21 bits per heavy atom. The zero-order chi connectivity index (χ0) is 34.8. The van der Waals surface area contributed by atoms with E-state index < -0.39 is 31.7 Å². The molecule has 3 aromatic rings. The van der Waals surface area contributed by atoms with Crippen LogP contribution in [0.1, 0.15) is 0 Å². The molecule has 0 saturated carbocycles. The summed E-state index contributed by atoms with van der Waals surface area (Å²) in [6, 6.07) is 0. The highest BCUT2D eigenvalue weighted by Gasteiger charge is 2.12. The molecule has 3 aromatic heterocycles. The molecule has 0 atom stereocenters. The molecule has 0 unspecified atom stereocenters. The number of hydrogen-bond acceptors (Lipinski definition) is 26. The van der Waals surface area contributed by atoms with E-state index in [4.69, 9.17) is 19.6 Å². The molecule has 26 nitrogen and oxygen atoms in total. The van der Waals surface area contributed by atoms with Crippen molar-refractivity contribution in [2.75, 3.05) is 81.1 Å². The maximum atomic E-state index is 11.0. The minimum absolute atomic E-state index is 0.0638. The van der Waals surface area contributed by atoms with E-state index in [1.54, 1.807) is 0 Å². The molecule has 0 aliphatic rings. The fourth-order valence-electron chi connectivity index (χ4n) is 2.97. The van der Waals surface area contributed by atoms with Gasteiger partial charge in [0.25, 0.3) is 20.2 Å². The molecule has 0 aliphatic carbocycles. The quantitative estimate of drug-likeness (QED) is 0.0187. The van der Waals surface area contributed by atoms with Crippen molar-refractivity contribution >= 4 is 91.6 Å². The van der Waals surface area contributed by atoms with Crippen molar-refractivity contribution in [2.24, 2.45) is 0 Å². The van der Waals surface area contributed by atoms with Crippen LogP contribution in [0.5, 0.6) is 0 Å². The smallest absolute Gasteiger partial charge is 0.266 e. The second kappa shape index (κ2) is 19.9. The van der Waals surface area contributed by atoms with Gasteiger partial charge in [0.15, 0.2) is 11.6 Å². The van der Waals surface area contributed by atoms with Crippen molar-refractivity contribution in [3.63, 3.8) is 0 Å². The van der Waals surface area contributed by atoms with E-state index in [2.05, 4.69) is 90.5 Å². The van der Waals surface area contributed by atoms with Gasteiger partial charge in [0.1, 0.15) is 0 Å². The van der Waals surface area contributed by atoms with Gasteiger partial charge in [-0.2, -0.15) is 46.7 Å². The molecule has 0 bridgehead atoms. The summed E-state index contributed by atoms with van der Waals surface area (Å²) < 4.78 is 70.7. The monoisotopic (exact) mass is 760 g/mol. The number of nitrogens with zero attached hydrogens (tertiary/aromatic N) is 8. The minimum atomic E-state index is -4.28. The highest BCUT2D eigenvalue weighted by atomic mass is 32.2. The summed E-state index contributed by atoms with van der Waals surface area (Å²) >= 11 is 1.65. The van der Waals surface area contributed by atoms with E-state index in [1.165, 1.54) is 12.4 Å². The Morgan fingerprint density at radius 2 is 0.896 bits per heavy atom. The van der Waals surface area contributed by atoms with Gasteiger partial charge < -0.3 is 31.9 Å². The average molecular weight is 761 g/mol. The number of nitrogens with one attached hydrogen (secondary N) is 6. The van der Waals surface area contributed by atoms with Crippen molar-refractivity contribution in [3.8, 4) is 0 Å². The summed E-state index contributed by atoms with van der Waals surface area (Å²) in [5, 5.41) is 40.2. The number of rotatable bonds is 24. The Hall–Kier alpha value is -3.82. The van der Waals surface area contributed by atoms with Gasteiger partial charge in [0.2, 0.25) is 35.7 Å². The molecule has 0 fully saturated rings. The molecule has 3 heterocycles. The summed E-state index contributed by atoms with van der Waals surface area (Å²) in [6.45, 7) is 0.0790. The lowest BCUT2D eigenvalue weighted by atomic mass is 10.6. The van der Waals surface area contributed by atoms with E-state index in [9.17, 15) is 16.8 Å². The fourth-order valence-corrected chi connectivity index (χ4v) is 4.28. The van der Waals surface area contributed by atoms with Crippen LogP contribution in [0.25, 0.3) is 0 Å². The Balaban J connectivity index is 1.71. The third kappa shape index (κ3) is 16.3. The van der Waals surface area contributed by atoms with Gasteiger partial charge in [-0.25, -0.2) is 20.5 Å². The van der Waals surface area contributed by atoms with Gasteiger partial charge in [-0.1, -0.05) is 10.1 Å². The molecule has 0 spiro atoms. The van der Waals surface area contributed by atoms with Crippen LogP contribution < -0.4 is 31.9 Å². The second-order valence-corrected chi connectivity index (χ2v) is 13.1. The molecule has 0 saturated heterocycles. The van der Waals surface area contributed by atoms with Gasteiger partial charge in [0, 0.05) is 61.8 Å². The SMILES string of the molecule is O=S(=O)(O)CCNc1nc(NCCS(=O)(=O)O)nc(Nc2cnc(Nc3nc(NCCSOOO)nc(NCCSOOO)n3)cn2)n1. The van der Waals surface area contributed by atoms with Crippen molar-refractivity contribution < 1.29 is 55.2 Å². The molecule has 48 heavy (non-hydrogen) atoms. The van der Waals surface area contributed by atoms with Crippen molar-refractivity contribution in [2.45, 2.75) is 0 Å². The van der Waals surface area contributed by atoms with Gasteiger partial charge in [-0.05, 0) is 0 Å². The zero-order valence-corrected chi connectivity index (χ0v) is 27.3. The maximum absolute atomic E-state index is 11.0. The van der Waals surface area contributed by atoms with Crippen LogP contribution >= 0.6 is 24.1 Å². The molecule has 10 N–H and O–H groups in total. The first-order valence-corrected chi connectivity index (χ1v) is 17.9. The largest absolute Gasteiger partial charge is 0.353 e. The topological polar surface area (TPSA) is 361 Å². The van der Waals surface area contributed by atoms with Gasteiger partial charge in [0.05, 0.1) is 23.9 Å². The molecule has 0 aromatic carbocycles. The van der Waals surface area contributed by atoms with Crippen LogP contribution in [0.2, 0.25) is 0 Å². The van der Waals surface area contributed by atoms with Crippen LogP contribution in [0.15, 0.2) is 12.4 Å². The van der Waals surface area contributed by atoms with E-state index in [0.717, 1.165) is 24.1 Å². The van der Waals surface area contributed by atoms with Crippen LogP contribution in [-0.2, 0) is 39.0 Å². The Morgan fingerprint density at radius 1 is 0.562 bits per heavy atom. The summed E-state index contributed by atoms with van der Waals surface area (Å²) in [6.07, 6.45) is 2.61. The molecule has 0 aliphatic heterocycles. The lowest BCUT2D eigenvalue weighted by Crippen LogP contribution is -2.19. The molecule has 3 rings (SSSR count). The molecule has 30 heteroatoms. The number of anilines is 8. The van der Waals surface area contributed by atoms with E-state index in [0.29, 0.717) is 24.6 Å². The first-order valence-electron chi connectivity index (χ1n) is 12.9. The normalized spacial score (nSPS) is 11.6. The number of hydrogen-bond donors (Lipinski definition) is 10. The third-order valence-electron chi connectivity index (χ3n) is 4.78. The predicted molar refractivity (Wildman–Crippen MR) is 170 cm³/mol. The number of aromatic nitrogens is 8. The molecular weight excluding hydrogens is 733 g/mol. The Labute approximate surface area is 279 Å². The van der Waals surface area contributed by atoms with Gasteiger partial charge >= 0.3 is 0 Å². The molecule has 0 amide bonds. The molecular formula is C18H28N14O12S4. The van der Waals surface area contributed by atoms with Crippen molar-refractivity contribution in [1.29, 1.82) is 0 Å². The van der Waals surface area contributed by atoms with Crippen molar-refractivity contribution in [3.05, 3.63) is 12.4 Å². The van der Waals surface area contributed by atoms with Crippen LogP contribution in [0.3, 0.4) is 0 Å². The minimum Gasteiger partial charge on any atom is -0.353 e. The highest BCUT2D eigenvalue weighted by Crippen LogP contribution is 2.17. The van der Waals surface area contributed by atoms with E-state index in [1.807, 2.05) is 0 Å². The average Bonchev–Trinajstić information content (AvgIpc) is 3.00. The first kappa shape index (κ1) is 38.6. The zero-order valence-electron chi connectivity index (χ0n) is 24.1. The summed E-state index contributed by atoms with van der Waals surface area (Å²) in [7, 11) is -8.56. The lowest BCUT2D eigenvalue weighted by molar-refractivity contribution is -0.432. The van der Waals surface area contributed by atoms with Gasteiger partial charge in [-0.3, -0.25) is 9.11 Å². The maximum Gasteiger partial charge on any atom is 0.266 e. The van der Waals surface area contributed by atoms with Crippen LogP contribution in [0, 0.1) is 0 Å². The van der Waals surface area contributed by atoms with E-state index in [-0.39, 0.29) is 60.4 Å². The summed E-state index contributed by atoms with van der Waals surface area (Å²) in [5.41, 5.74) is 0.